The number of carbonyl (C=O) groups excluding carboxylic acids is 3. The first-order chi connectivity index (χ1) is 21.2. The first kappa shape index (κ1) is 30.3. The van der Waals surface area contributed by atoms with E-state index >= 15 is 0 Å². The highest BCUT2D eigenvalue weighted by atomic mass is 32.2. The third-order valence-corrected chi connectivity index (χ3v) is 8.59. The van der Waals surface area contributed by atoms with Crippen LogP contribution >= 0.6 is 0 Å². The van der Waals surface area contributed by atoms with Crippen molar-refractivity contribution in [1.29, 1.82) is 0 Å². The summed E-state index contributed by atoms with van der Waals surface area (Å²) in [7, 11) is -4.12. The molecule has 0 fully saturated rings. The van der Waals surface area contributed by atoms with Crippen LogP contribution < -0.4 is 0 Å². The fraction of sp³-hybridized carbons (Fsp3) is 0.182. The molecule has 0 N–H and O–H groups in total. The third-order valence-electron chi connectivity index (χ3n) is 6.90. The lowest BCUT2D eigenvalue weighted by atomic mass is 9.94. The molecule has 0 amide bonds. The lowest BCUT2D eigenvalue weighted by Crippen LogP contribution is -2.16. The molecule has 10 nitrogen and oxygen atoms in total. The van der Waals surface area contributed by atoms with Gasteiger partial charge in [-0.1, -0.05) is 54.6 Å². The van der Waals surface area contributed by atoms with Gasteiger partial charge in [-0.05, 0) is 45.0 Å². The molecule has 2 aromatic heterocycles. The predicted octanol–water partition coefficient (Wildman–Crippen LogP) is 5.87. The molecule has 0 bridgehead atoms. The number of hydrogen-bond donors (Lipinski definition) is 0. The van der Waals surface area contributed by atoms with E-state index in [9.17, 15) is 22.8 Å². The van der Waals surface area contributed by atoms with Gasteiger partial charge in [-0.2, -0.15) is 0 Å². The normalized spacial score (nSPS) is 12.2. The lowest BCUT2D eigenvalue weighted by molar-refractivity contribution is -0.138. The molecule has 0 unspecified atom stereocenters. The number of carbonyl (C=O) groups is 3. The van der Waals surface area contributed by atoms with E-state index in [4.69, 9.17) is 14.2 Å². The van der Waals surface area contributed by atoms with Crippen LogP contribution in [0.25, 0.3) is 33.0 Å². The van der Waals surface area contributed by atoms with Crippen LogP contribution in [0.5, 0.6) is 0 Å². The van der Waals surface area contributed by atoms with E-state index in [2.05, 4.69) is 0 Å². The molecule has 44 heavy (non-hydrogen) atoms. The number of hydrogen-bond acceptors (Lipinski definition) is 8. The first-order valence-corrected chi connectivity index (χ1v) is 15.5. The maximum atomic E-state index is 13.9. The number of ether oxygens (including phenoxy) is 3. The highest BCUT2D eigenvalue weighted by Crippen LogP contribution is 2.38. The zero-order valence-electron chi connectivity index (χ0n) is 24.4. The van der Waals surface area contributed by atoms with Crippen molar-refractivity contribution in [2.75, 3.05) is 19.8 Å². The van der Waals surface area contributed by atoms with E-state index in [-0.39, 0.29) is 52.5 Å². The number of para-hydroxylation sites is 2. The molecular weight excluding hydrogens is 584 g/mol. The van der Waals surface area contributed by atoms with E-state index in [1.165, 1.54) is 29.1 Å². The fourth-order valence-corrected chi connectivity index (χ4v) is 6.47. The van der Waals surface area contributed by atoms with Crippen LogP contribution in [0.3, 0.4) is 0 Å². The number of rotatable bonds is 9. The van der Waals surface area contributed by atoms with Crippen molar-refractivity contribution in [3.63, 3.8) is 0 Å². The van der Waals surface area contributed by atoms with E-state index in [1.54, 1.807) is 87.5 Å². The van der Waals surface area contributed by atoms with Gasteiger partial charge in [-0.15, -0.1) is 0 Å². The van der Waals surface area contributed by atoms with Gasteiger partial charge >= 0.3 is 18.0 Å². The molecular formula is C33H30N2O8S. The summed E-state index contributed by atoms with van der Waals surface area (Å²) in [6.45, 7) is 5.00. The molecule has 0 aliphatic carbocycles. The van der Waals surface area contributed by atoms with E-state index < -0.39 is 28.1 Å². The molecule has 2 heterocycles. The van der Waals surface area contributed by atoms with Crippen molar-refractivity contribution in [3.05, 3.63) is 102 Å². The predicted molar refractivity (Wildman–Crippen MR) is 165 cm³/mol. The van der Waals surface area contributed by atoms with Crippen LogP contribution in [0.1, 0.15) is 31.9 Å². The molecule has 11 heteroatoms. The first-order valence-electron chi connectivity index (χ1n) is 14.0. The molecule has 0 aliphatic rings. The van der Waals surface area contributed by atoms with Crippen LogP contribution in [0.15, 0.2) is 96.2 Å². The van der Waals surface area contributed by atoms with Crippen LogP contribution in [-0.2, 0) is 33.8 Å². The summed E-state index contributed by atoms with van der Waals surface area (Å²) in [6.07, 6.45) is 2.04. The van der Waals surface area contributed by atoms with Crippen LogP contribution in [0.4, 0.5) is 4.79 Å². The van der Waals surface area contributed by atoms with Gasteiger partial charge in [0.2, 0.25) is 0 Å². The molecule has 5 rings (SSSR count). The molecule has 0 spiro atoms. The van der Waals surface area contributed by atoms with Crippen LogP contribution in [0, 0.1) is 0 Å². The van der Waals surface area contributed by atoms with Gasteiger partial charge in [0.15, 0.2) is 0 Å². The summed E-state index contributed by atoms with van der Waals surface area (Å²) < 4.78 is 46.2. The zero-order valence-corrected chi connectivity index (χ0v) is 25.2. The van der Waals surface area contributed by atoms with Crippen molar-refractivity contribution in [2.24, 2.45) is 0 Å². The summed E-state index contributed by atoms with van der Waals surface area (Å²) >= 11 is 0. The van der Waals surface area contributed by atoms with Crippen LogP contribution in [-0.4, -0.2) is 54.8 Å². The molecule has 0 saturated heterocycles. The molecule has 226 valence electrons. The average Bonchev–Trinajstić information content (AvgIpc) is 3.60. The molecule has 0 saturated carbocycles. The summed E-state index contributed by atoms with van der Waals surface area (Å²) in [5.41, 5.74) is 0.651. The Hall–Kier alpha value is -5.16. The molecule has 3 aromatic carbocycles. The van der Waals surface area contributed by atoms with Gasteiger partial charge in [0, 0.05) is 34.3 Å². The van der Waals surface area contributed by atoms with E-state index in [0.717, 1.165) is 3.97 Å². The van der Waals surface area contributed by atoms with Gasteiger partial charge in [-0.25, -0.2) is 26.8 Å². The Balaban J connectivity index is 1.91. The number of esters is 2. The fourth-order valence-electron chi connectivity index (χ4n) is 5.08. The second-order valence-corrected chi connectivity index (χ2v) is 11.3. The molecule has 5 aromatic rings. The Labute approximate surface area is 254 Å². The Morgan fingerprint density at radius 1 is 0.614 bits per heavy atom. The molecule has 0 atom stereocenters. The lowest BCUT2D eigenvalue weighted by Gasteiger charge is -2.14. The second-order valence-electron chi connectivity index (χ2n) is 9.49. The summed E-state index contributed by atoms with van der Waals surface area (Å²) in [5.74, 6) is -1.73. The Kier molecular flexibility index (Phi) is 8.68. The van der Waals surface area contributed by atoms with Gasteiger partial charge in [0.1, 0.15) is 0 Å². The van der Waals surface area contributed by atoms with Crippen molar-refractivity contribution in [2.45, 2.75) is 25.7 Å². The highest BCUT2D eigenvalue weighted by Gasteiger charge is 2.33. The van der Waals surface area contributed by atoms with Crippen molar-refractivity contribution >= 4 is 61.0 Å². The number of nitrogens with zero attached hydrogens (tertiary/aromatic N) is 2. The SMILES string of the molecule is CCOC(=O)/C(=C(\C(=O)OCC)c1cn(S(=O)(=O)c2ccccc2)c2ccccc12)c1cn(C(=O)OCC)c2ccccc12. The van der Waals surface area contributed by atoms with Gasteiger partial charge in [0.05, 0.1) is 46.9 Å². The van der Waals surface area contributed by atoms with Gasteiger partial charge < -0.3 is 14.2 Å². The minimum atomic E-state index is -4.12. The van der Waals surface area contributed by atoms with Crippen molar-refractivity contribution in [1.82, 2.24) is 8.54 Å². The average molecular weight is 615 g/mol. The maximum absolute atomic E-state index is 13.9. The summed E-state index contributed by atoms with van der Waals surface area (Å²) in [5, 5.41) is 0.844. The minimum Gasteiger partial charge on any atom is -0.462 e. The summed E-state index contributed by atoms with van der Waals surface area (Å²) in [4.78, 5) is 40.7. The second kappa shape index (κ2) is 12.6. The van der Waals surface area contributed by atoms with E-state index in [0.29, 0.717) is 16.3 Å². The van der Waals surface area contributed by atoms with Gasteiger partial charge in [0.25, 0.3) is 10.0 Å². The van der Waals surface area contributed by atoms with Crippen molar-refractivity contribution in [3.8, 4) is 0 Å². The standard InChI is InChI=1S/C33H30N2O8S/c1-4-41-31(36)29(25-20-34(33(38)43-6-3)27-18-12-10-16-23(25)27)30(32(37)42-5-2)26-21-35(28-19-13-11-17-24(26)28)44(39,40)22-14-8-7-9-15-22/h7-21H,4-6H2,1-3H3/b30-29-. The molecule has 0 aliphatic heterocycles. The Morgan fingerprint density at radius 2 is 1.09 bits per heavy atom. The zero-order chi connectivity index (χ0) is 31.4. The monoisotopic (exact) mass is 614 g/mol. The maximum Gasteiger partial charge on any atom is 0.418 e. The third kappa shape index (κ3) is 5.37. The smallest absolute Gasteiger partial charge is 0.418 e. The van der Waals surface area contributed by atoms with Gasteiger partial charge in [-0.3, -0.25) is 4.57 Å². The topological polar surface area (TPSA) is 123 Å². The largest absolute Gasteiger partial charge is 0.462 e. The van der Waals surface area contributed by atoms with Crippen LogP contribution in [0.2, 0.25) is 0 Å². The van der Waals surface area contributed by atoms with E-state index in [1.807, 2.05) is 0 Å². The highest BCUT2D eigenvalue weighted by molar-refractivity contribution is 7.90. The molecule has 0 radical (unpaired) electrons. The number of aromatic nitrogens is 2. The minimum absolute atomic E-state index is 0.0148. The van der Waals surface area contributed by atoms with Crippen molar-refractivity contribution < 1.29 is 37.0 Å². The Morgan fingerprint density at radius 3 is 1.66 bits per heavy atom. The number of benzene rings is 3. The summed E-state index contributed by atoms with van der Waals surface area (Å²) in [6, 6.07) is 21.4. The number of fused-ring (bicyclic) bond motifs is 2. The quantitative estimate of drug-likeness (QED) is 0.115. The Bertz CT molecular complexity index is 2020.